The molecule has 0 saturated heterocycles. The molecule has 118 valence electrons. The molecule has 1 atom stereocenters. The van der Waals surface area contributed by atoms with Gasteiger partial charge in [-0.15, -0.1) is 6.58 Å². The van der Waals surface area contributed by atoms with Gasteiger partial charge in [-0.3, -0.25) is 9.59 Å². The van der Waals surface area contributed by atoms with Gasteiger partial charge in [0, 0.05) is 11.1 Å². The second kappa shape index (κ2) is 7.05. The molecule has 0 aliphatic carbocycles. The van der Waals surface area contributed by atoms with Crippen molar-refractivity contribution in [3.05, 3.63) is 78.4 Å². The van der Waals surface area contributed by atoms with Crippen molar-refractivity contribution in [3.63, 3.8) is 0 Å². The van der Waals surface area contributed by atoms with Gasteiger partial charge in [-0.25, -0.2) is 0 Å². The molecule has 2 aromatic carbocycles. The largest absolute Gasteiger partial charge is 0.426 e. The number of carbonyl (C=O) groups excluding carboxylic acids is 2. The molecule has 0 aliphatic heterocycles. The zero-order valence-electron chi connectivity index (χ0n) is 13.4. The molecule has 0 aliphatic rings. The van der Waals surface area contributed by atoms with Crippen LogP contribution in [0.5, 0.6) is 5.75 Å². The Labute approximate surface area is 136 Å². The van der Waals surface area contributed by atoms with Crippen molar-refractivity contribution < 1.29 is 14.3 Å². The Kier molecular flexibility index (Phi) is 5.12. The van der Waals surface area contributed by atoms with Gasteiger partial charge in [-0.05, 0) is 37.6 Å². The Morgan fingerprint density at radius 3 is 2.13 bits per heavy atom. The van der Waals surface area contributed by atoms with Crippen LogP contribution in [-0.4, -0.2) is 11.8 Å². The van der Waals surface area contributed by atoms with Crippen LogP contribution < -0.4 is 4.74 Å². The summed E-state index contributed by atoms with van der Waals surface area (Å²) in [6.07, 6.45) is 2.21. The van der Waals surface area contributed by atoms with E-state index in [1.807, 2.05) is 25.1 Å². The maximum Gasteiger partial charge on any atom is 0.321 e. The first kappa shape index (κ1) is 16.7. The molecule has 0 N–H and O–H groups in total. The van der Waals surface area contributed by atoms with Crippen LogP contribution in [0.2, 0.25) is 0 Å². The third kappa shape index (κ3) is 3.75. The van der Waals surface area contributed by atoms with E-state index in [2.05, 4.69) is 6.58 Å². The van der Waals surface area contributed by atoms with Gasteiger partial charge in [0.05, 0.1) is 5.41 Å². The van der Waals surface area contributed by atoms with Gasteiger partial charge in [0.1, 0.15) is 5.75 Å². The number of carbonyl (C=O) groups is 2. The Balaban J connectivity index is 2.13. The summed E-state index contributed by atoms with van der Waals surface area (Å²) in [5.41, 5.74) is 0.471. The number of hydrogen-bond donors (Lipinski definition) is 0. The number of rotatable bonds is 6. The summed E-state index contributed by atoms with van der Waals surface area (Å²) in [6.45, 7) is 7.39. The zero-order valence-corrected chi connectivity index (χ0v) is 13.4. The van der Waals surface area contributed by atoms with Gasteiger partial charge in [0.25, 0.3) is 0 Å². The average molecular weight is 308 g/mol. The fourth-order valence-corrected chi connectivity index (χ4v) is 2.03. The molecule has 0 bridgehead atoms. The van der Waals surface area contributed by atoms with Crippen molar-refractivity contribution >= 4 is 11.8 Å². The highest BCUT2D eigenvalue weighted by molar-refractivity contribution is 6.09. The lowest BCUT2D eigenvalue weighted by Crippen LogP contribution is -2.29. The minimum atomic E-state index is -0.710. The van der Waals surface area contributed by atoms with Crippen LogP contribution in [0.3, 0.4) is 0 Å². The van der Waals surface area contributed by atoms with E-state index in [-0.39, 0.29) is 11.8 Å². The summed E-state index contributed by atoms with van der Waals surface area (Å²) in [5.74, 6) is 0.00578. The first-order valence-corrected chi connectivity index (χ1v) is 7.56. The lowest BCUT2D eigenvalue weighted by molar-refractivity contribution is -0.142. The molecule has 1 unspecified atom stereocenters. The number of ketones is 1. The number of benzene rings is 2. The second-order valence-electron chi connectivity index (χ2n) is 5.58. The van der Waals surface area contributed by atoms with Crippen LogP contribution in [0.4, 0.5) is 0 Å². The van der Waals surface area contributed by atoms with Gasteiger partial charge in [0.15, 0.2) is 5.78 Å². The molecule has 0 heterocycles. The standard InChI is InChI=1S/C20H20O3/c1-4-20(3,5-2)19(22)23-17-13-11-16(12-14-17)18(21)15-9-7-6-8-10-15/h4,6-14H,1,5H2,2-3H3. The molecule has 0 saturated carbocycles. The molecular weight excluding hydrogens is 288 g/mol. The van der Waals surface area contributed by atoms with Gasteiger partial charge in [-0.1, -0.05) is 43.3 Å². The maximum atomic E-state index is 12.3. The van der Waals surface area contributed by atoms with Gasteiger partial charge >= 0.3 is 5.97 Å². The third-order valence-electron chi connectivity index (χ3n) is 4.01. The first-order valence-electron chi connectivity index (χ1n) is 7.56. The molecule has 0 spiro atoms. The van der Waals surface area contributed by atoms with Crippen LogP contribution in [0.15, 0.2) is 67.3 Å². The van der Waals surface area contributed by atoms with Crippen molar-refractivity contribution in [2.75, 3.05) is 0 Å². The number of hydrogen-bond acceptors (Lipinski definition) is 3. The summed E-state index contributed by atoms with van der Waals surface area (Å²) < 4.78 is 5.38. The van der Waals surface area contributed by atoms with Crippen molar-refractivity contribution in [1.29, 1.82) is 0 Å². The summed E-state index contributed by atoms with van der Waals surface area (Å²) in [7, 11) is 0. The maximum absolute atomic E-state index is 12.3. The van der Waals surface area contributed by atoms with Crippen LogP contribution >= 0.6 is 0 Å². The fraction of sp³-hybridized carbons (Fsp3) is 0.200. The zero-order chi connectivity index (χ0) is 16.9. The van der Waals surface area contributed by atoms with Crippen molar-refractivity contribution in [1.82, 2.24) is 0 Å². The van der Waals surface area contributed by atoms with E-state index in [9.17, 15) is 9.59 Å². The predicted molar refractivity (Wildman–Crippen MR) is 90.5 cm³/mol. The van der Waals surface area contributed by atoms with E-state index < -0.39 is 5.41 Å². The SMILES string of the molecule is C=CC(C)(CC)C(=O)Oc1ccc(C(=O)c2ccccc2)cc1. The summed E-state index contributed by atoms with van der Waals surface area (Å²) in [6, 6.07) is 15.6. The minimum Gasteiger partial charge on any atom is -0.426 e. The van der Waals surface area contributed by atoms with Gasteiger partial charge < -0.3 is 4.74 Å². The Hall–Kier alpha value is -2.68. The molecule has 0 aromatic heterocycles. The molecule has 2 rings (SSSR count). The highest BCUT2D eigenvalue weighted by Crippen LogP contribution is 2.26. The highest BCUT2D eigenvalue weighted by atomic mass is 16.5. The molecule has 3 nitrogen and oxygen atoms in total. The number of ether oxygens (including phenoxy) is 1. The summed E-state index contributed by atoms with van der Waals surface area (Å²) in [4.78, 5) is 24.5. The van der Waals surface area contributed by atoms with Crippen molar-refractivity contribution in [3.8, 4) is 5.75 Å². The Morgan fingerprint density at radius 1 is 1.04 bits per heavy atom. The molecule has 3 heteroatoms. The van der Waals surface area contributed by atoms with E-state index in [4.69, 9.17) is 4.74 Å². The normalized spacial score (nSPS) is 13.0. The van der Waals surface area contributed by atoms with Crippen LogP contribution in [0.25, 0.3) is 0 Å². The second-order valence-corrected chi connectivity index (χ2v) is 5.58. The summed E-state index contributed by atoms with van der Waals surface area (Å²) in [5, 5.41) is 0. The molecular formula is C20H20O3. The Morgan fingerprint density at radius 2 is 1.61 bits per heavy atom. The van der Waals surface area contributed by atoms with Crippen molar-refractivity contribution in [2.24, 2.45) is 5.41 Å². The lowest BCUT2D eigenvalue weighted by atomic mass is 9.88. The topological polar surface area (TPSA) is 43.4 Å². The van der Waals surface area contributed by atoms with Crippen LogP contribution in [0.1, 0.15) is 36.2 Å². The smallest absolute Gasteiger partial charge is 0.321 e. The van der Waals surface area contributed by atoms with E-state index in [0.717, 1.165) is 0 Å². The van der Waals surface area contributed by atoms with E-state index in [0.29, 0.717) is 23.3 Å². The van der Waals surface area contributed by atoms with Crippen molar-refractivity contribution in [2.45, 2.75) is 20.3 Å². The molecule has 0 radical (unpaired) electrons. The molecule has 2 aromatic rings. The van der Waals surface area contributed by atoms with E-state index >= 15 is 0 Å². The third-order valence-corrected chi connectivity index (χ3v) is 4.01. The highest BCUT2D eigenvalue weighted by Gasteiger charge is 2.29. The van der Waals surface area contributed by atoms with E-state index in [1.54, 1.807) is 49.4 Å². The minimum absolute atomic E-state index is 0.0621. The fourth-order valence-electron chi connectivity index (χ4n) is 2.03. The molecule has 23 heavy (non-hydrogen) atoms. The predicted octanol–water partition coefficient (Wildman–Crippen LogP) is 4.43. The molecule has 0 fully saturated rings. The summed E-state index contributed by atoms with van der Waals surface area (Å²) >= 11 is 0. The quantitative estimate of drug-likeness (QED) is 0.343. The molecule has 0 amide bonds. The van der Waals surface area contributed by atoms with E-state index in [1.165, 1.54) is 0 Å². The average Bonchev–Trinajstić information content (AvgIpc) is 2.61. The first-order chi connectivity index (χ1) is 11.0. The van der Waals surface area contributed by atoms with Crippen LogP contribution in [0, 0.1) is 5.41 Å². The van der Waals surface area contributed by atoms with Gasteiger partial charge in [0.2, 0.25) is 0 Å². The lowest BCUT2D eigenvalue weighted by Gasteiger charge is -2.21. The Bertz CT molecular complexity index is 701. The number of esters is 1. The van der Waals surface area contributed by atoms with Gasteiger partial charge in [-0.2, -0.15) is 0 Å². The monoisotopic (exact) mass is 308 g/mol. The van der Waals surface area contributed by atoms with Crippen LogP contribution in [-0.2, 0) is 4.79 Å².